The topological polar surface area (TPSA) is 121 Å². The van der Waals surface area contributed by atoms with Crippen molar-refractivity contribution in [2.45, 2.75) is 26.8 Å². The number of nitrogens with zero attached hydrogens (tertiary/aromatic N) is 6. The molecule has 2 N–H and O–H groups in total. The number of rotatable bonds is 11. The van der Waals surface area contributed by atoms with Gasteiger partial charge in [-0.2, -0.15) is 10.4 Å². The summed E-state index contributed by atoms with van der Waals surface area (Å²) in [4.78, 5) is 23.9. The predicted octanol–water partition coefficient (Wildman–Crippen LogP) is 5.66. The molecule has 0 aliphatic carbocycles. The normalized spacial score (nSPS) is 11.3. The summed E-state index contributed by atoms with van der Waals surface area (Å²) in [6.45, 7) is 5.48. The zero-order chi connectivity index (χ0) is 30.3. The Hall–Kier alpha value is -5.27. The Labute approximate surface area is 250 Å². The van der Waals surface area contributed by atoms with E-state index < -0.39 is 0 Å². The minimum Gasteiger partial charge on any atom is -0.492 e. The first-order chi connectivity index (χ1) is 20.9. The highest BCUT2D eigenvalue weighted by atomic mass is 16.5. The number of ether oxygens (including phenoxy) is 1. The van der Waals surface area contributed by atoms with E-state index in [4.69, 9.17) is 9.72 Å². The molecular formula is C33H34N8O2. The molecule has 0 saturated carbocycles. The van der Waals surface area contributed by atoms with Crippen LogP contribution in [-0.2, 0) is 17.8 Å². The molecule has 0 saturated heterocycles. The molecule has 3 heterocycles. The van der Waals surface area contributed by atoms with Gasteiger partial charge in [-0.25, -0.2) is 0 Å². The molecule has 10 heteroatoms. The summed E-state index contributed by atoms with van der Waals surface area (Å²) in [5.41, 5.74) is 5.47. The number of aromatic nitrogens is 4. The van der Waals surface area contributed by atoms with E-state index in [9.17, 15) is 10.1 Å². The van der Waals surface area contributed by atoms with Crippen molar-refractivity contribution in [3.8, 4) is 11.8 Å². The lowest BCUT2D eigenvalue weighted by atomic mass is 10.0. The molecule has 0 atom stereocenters. The number of carbonyl (C=O) groups is 1. The van der Waals surface area contributed by atoms with Crippen molar-refractivity contribution < 1.29 is 9.53 Å². The van der Waals surface area contributed by atoms with Crippen LogP contribution in [0.2, 0.25) is 0 Å². The van der Waals surface area contributed by atoms with Gasteiger partial charge in [-0.15, -0.1) is 0 Å². The Kier molecular flexibility index (Phi) is 8.93. The molecule has 5 rings (SSSR count). The first-order valence-corrected chi connectivity index (χ1v) is 14.2. The van der Waals surface area contributed by atoms with Crippen molar-refractivity contribution in [3.63, 3.8) is 0 Å². The number of hydrogen-bond donors (Lipinski definition) is 2. The van der Waals surface area contributed by atoms with Crippen LogP contribution in [0.1, 0.15) is 30.8 Å². The van der Waals surface area contributed by atoms with E-state index in [0.29, 0.717) is 65.4 Å². The zero-order valence-electron chi connectivity index (χ0n) is 24.8. The van der Waals surface area contributed by atoms with Gasteiger partial charge in [0.25, 0.3) is 0 Å². The van der Waals surface area contributed by atoms with E-state index in [0.717, 1.165) is 22.3 Å². The monoisotopic (exact) mass is 574 g/mol. The molecule has 0 fully saturated rings. The van der Waals surface area contributed by atoms with Crippen LogP contribution in [-0.4, -0.2) is 57.8 Å². The molecular weight excluding hydrogens is 540 g/mol. The average molecular weight is 575 g/mol. The van der Waals surface area contributed by atoms with E-state index >= 15 is 0 Å². The highest BCUT2D eigenvalue weighted by Crippen LogP contribution is 2.38. The standard InChI is InChI=1S/C33H34N8O2/c1-5-27-26(19-34)33(36-23-12-13-28-22(16-23)20-41(39-28)21-24-10-7-8-14-35-24)25-17-30(31(43-6-2)18-29(25)37-27)38-32(42)11-9-15-40(3)4/h7-14,16-18,20H,5-6,15,21H2,1-4H3,(H,36,37)(H,38,42)/b11-9+. The number of likely N-dealkylation sites (N-methyl/N-ethyl adjacent to an activating group) is 1. The third kappa shape index (κ3) is 6.80. The SMILES string of the molecule is CCOc1cc2nc(CC)c(C#N)c(Nc3ccc4nn(Cc5ccccn5)cc4c3)c2cc1NC(=O)/C=C/CN(C)C. The third-order valence-electron chi connectivity index (χ3n) is 6.78. The van der Waals surface area contributed by atoms with Crippen LogP contribution in [0.15, 0.2) is 73.1 Å². The number of carbonyl (C=O) groups excluding carboxylic acids is 1. The lowest BCUT2D eigenvalue weighted by Gasteiger charge is -2.17. The number of nitrogens with one attached hydrogen (secondary N) is 2. The maximum atomic E-state index is 12.8. The smallest absolute Gasteiger partial charge is 0.248 e. The van der Waals surface area contributed by atoms with E-state index in [-0.39, 0.29) is 5.91 Å². The second-order valence-corrected chi connectivity index (χ2v) is 10.3. The third-order valence-corrected chi connectivity index (χ3v) is 6.78. The molecule has 0 spiro atoms. The molecule has 5 aromatic rings. The van der Waals surface area contributed by atoms with Crippen LogP contribution in [0.3, 0.4) is 0 Å². The van der Waals surface area contributed by atoms with E-state index in [1.807, 2.05) is 92.3 Å². The molecule has 0 aliphatic heterocycles. The molecule has 0 bridgehead atoms. The Morgan fingerprint density at radius 2 is 2.00 bits per heavy atom. The maximum Gasteiger partial charge on any atom is 0.248 e. The first-order valence-electron chi connectivity index (χ1n) is 14.2. The van der Waals surface area contributed by atoms with Crippen LogP contribution >= 0.6 is 0 Å². The summed E-state index contributed by atoms with van der Waals surface area (Å²) in [6, 6.07) is 17.7. The van der Waals surface area contributed by atoms with E-state index in [1.54, 1.807) is 12.3 Å². The summed E-state index contributed by atoms with van der Waals surface area (Å²) in [5.74, 6) is 0.236. The Bertz CT molecular complexity index is 1840. The van der Waals surface area contributed by atoms with Gasteiger partial charge in [0.05, 0.1) is 52.5 Å². The highest BCUT2D eigenvalue weighted by Gasteiger charge is 2.19. The number of amides is 1. The number of pyridine rings is 2. The van der Waals surface area contributed by atoms with Crippen molar-refractivity contribution in [2.75, 3.05) is 37.9 Å². The molecule has 10 nitrogen and oxygen atoms in total. The number of benzene rings is 2. The van der Waals surface area contributed by atoms with Gasteiger partial charge in [0.1, 0.15) is 11.8 Å². The van der Waals surface area contributed by atoms with Gasteiger partial charge in [0, 0.05) is 47.5 Å². The number of nitriles is 1. The molecule has 2 aromatic carbocycles. The fourth-order valence-corrected chi connectivity index (χ4v) is 4.80. The quantitative estimate of drug-likeness (QED) is 0.194. The van der Waals surface area contributed by atoms with E-state index in [1.165, 1.54) is 6.08 Å². The van der Waals surface area contributed by atoms with Crippen LogP contribution in [0.5, 0.6) is 5.75 Å². The van der Waals surface area contributed by atoms with Crippen molar-refractivity contribution >= 4 is 44.8 Å². The Morgan fingerprint density at radius 3 is 2.72 bits per heavy atom. The number of aryl methyl sites for hydroxylation is 1. The molecule has 218 valence electrons. The van der Waals surface area contributed by atoms with Gasteiger partial charge in [0.15, 0.2) is 0 Å². The fourth-order valence-electron chi connectivity index (χ4n) is 4.80. The fraction of sp³-hybridized carbons (Fsp3) is 0.242. The first kappa shape index (κ1) is 29.2. The van der Waals surface area contributed by atoms with Gasteiger partial charge < -0.3 is 20.3 Å². The molecule has 0 aliphatic rings. The van der Waals surface area contributed by atoms with Crippen LogP contribution in [0.4, 0.5) is 17.1 Å². The molecule has 3 aromatic heterocycles. The Morgan fingerprint density at radius 1 is 1.14 bits per heavy atom. The van der Waals surface area contributed by atoms with Crippen molar-refractivity contribution in [1.29, 1.82) is 5.26 Å². The van der Waals surface area contributed by atoms with Gasteiger partial charge >= 0.3 is 0 Å². The molecule has 0 unspecified atom stereocenters. The molecule has 0 radical (unpaired) electrons. The second kappa shape index (κ2) is 13.1. The summed E-state index contributed by atoms with van der Waals surface area (Å²) in [6.07, 6.45) is 7.62. The van der Waals surface area contributed by atoms with Gasteiger partial charge in [-0.3, -0.25) is 19.4 Å². The lowest BCUT2D eigenvalue weighted by Crippen LogP contribution is -2.13. The summed E-state index contributed by atoms with van der Waals surface area (Å²) in [5, 5.41) is 23.0. The summed E-state index contributed by atoms with van der Waals surface area (Å²) < 4.78 is 7.75. The molecule has 1 amide bonds. The van der Waals surface area contributed by atoms with Crippen LogP contribution in [0, 0.1) is 11.3 Å². The summed E-state index contributed by atoms with van der Waals surface area (Å²) in [7, 11) is 3.87. The average Bonchev–Trinajstić information content (AvgIpc) is 3.39. The number of anilines is 3. The van der Waals surface area contributed by atoms with Gasteiger partial charge in [-0.1, -0.05) is 19.1 Å². The number of fused-ring (bicyclic) bond motifs is 2. The maximum absolute atomic E-state index is 12.8. The van der Waals surface area contributed by atoms with Crippen molar-refractivity contribution in [1.82, 2.24) is 24.6 Å². The Balaban J connectivity index is 1.54. The zero-order valence-corrected chi connectivity index (χ0v) is 24.8. The molecule has 43 heavy (non-hydrogen) atoms. The van der Waals surface area contributed by atoms with Gasteiger partial charge in [0.2, 0.25) is 5.91 Å². The second-order valence-electron chi connectivity index (χ2n) is 10.3. The van der Waals surface area contributed by atoms with Crippen LogP contribution < -0.4 is 15.4 Å². The minimum absolute atomic E-state index is 0.275. The van der Waals surface area contributed by atoms with Crippen LogP contribution in [0.25, 0.3) is 21.8 Å². The highest BCUT2D eigenvalue weighted by molar-refractivity contribution is 6.05. The van der Waals surface area contributed by atoms with Crippen molar-refractivity contribution in [2.24, 2.45) is 0 Å². The summed E-state index contributed by atoms with van der Waals surface area (Å²) >= 11 is 0. The van der Waals surface area contributed by atoms with E-state index in [2.05, 4.69) is 26.8 Å². The number of hydrogen-bond acceptors (Lipinski definition) is 8. The van der Waals surface area contributed by atoms with Gasteiger partial charge in [-0.05, 0) is 63.8 Å². The largest absolute Gasteiger partial charge is 0.492 e. The lowest BCUT2D eigenvalue weighted by molar-refractivity contribution is -0.111. The minimum atomic E-state index is -0.275. The predicted molar refractivity (Wildman–Crippen MR) is 170 cm³/mol. The van der Waals surface area contributed by atoms with Crippen molar-refractivity contribution in [3.05, 3.63) is 90.0 Å².